The number of carbonyl (C=O) groups is 1. The molecule has 0 amide bonds. The number of aliphatic carboxylic acids is 1. The van der Waals surface area contributed by atoms with Crippen LogP contribution in [0, 0.1) is 0 Å². The average molecular weight is 197 g/mol. The van der Waals surface area contributed by atoms with Gasteiger partial charge >= 0.3 is 11.3 Å². The highest BCUT2D eigenvalue weighted by Gasteiger charge is 2.20. The van der Waals surface area contributed by atoms with Crippen LogP contribution in [0.25, 0.3) is 0 Å². The summed E-state index contributed by atoms with van der Waals surface area (Å²) in [5.74, 6) is -1.10. The molecule has 0 radical (unpaired) electrons. The van der Waals surface area contributed by atoms with Crippen molar-refractivity contribution in [2.24, 2.45) is 5.73 Å². The Morgan fingerprint density at radius 2 is 2.00 bits per heavy atom. The first kappa shape index (κ1) is 11.7. The molecular formula is C5H11NO5S. The lowest BCUT2D eigenvalue weighted by atomic mass is 10.2. The lowest BCUT2D eigenvalue weighted by molar-refractivity contribution is -0.234. The molecule has 0 aromatic rings. The first-order valence-corrected chi connectivity index (χ1v) is 4.11. The normalized spacial score (nSPS) is 14.3. The quantitative estimate of drug-likeness (QED) is 0.326. The van der Waals surface area contributed by atoms with E-state index < -0.39 is 17.3 Å². The molecule has 0 bridgehead atoms. The van der Waals surface area contributed by atoms with Gasteiger partial charge in [0.1, 0.15) is 6.04 Å². The molecule has 0 heterocycles. The van der Waals surface area contributed by atoms with Gasteiger partial charge in [-0.1, -0.05) is 11.8 Å². The van der Waals surface area contributed by atoms with Gasteiger partial charge in [-0.05, 0) is 6.42 Å². The lowest BCUT2D eigenvalue weighted by Gasteiger charge is -2.13. The van der Waals surface area contributed by atoms with Crippen LogP contribution in [0.3, 0.4) is 0 Å². The van der Waals surface area contributed by atoms with Crippen LogP contribution in [-0.2, 0) is 4.79 Å². The van der Waals surface area contributed by atoms with Crippen LogP contribution in [0.15, 0.2) is 0 Å². The summed E-state index contributed by atoms with van der Waals surface area (Å²) in [6.07, 6.45) is 0.0590. The molecule has 72 valence electrons. The van der Waals surface area contributed by atoms with E-state index in [1.54, 1.807) is 0 Å². The van der Waals surface area contributed by atoms with Gasteiger partial charge in [0.15, 0.2) is 0 Å². The van der Waals surface area contributed by atoms with Crippen LogP contribution in [0.2, 0.25) is 0 Å². The third-order valence-electron chi connectivity index (χ3n) is 1.04. The molecule has 0 saturated carbocycles. The fourth-order valence-electron chi connectivity index (χ4n) is 0.446. The van der Waals surface area contributed by atoms with Crippen LogP contribution in [0.1, 0.15) is 6.42 Å². The van der Waals surface area contributed by atoms with Crippen molar-refractivity contribution < 1.29 is 25.2 Å². The molecule has 0 saturated heterocycles. The molecule has 0 rings (SSSR count). The highest BCUT2D eigenvalue weighted by atomic mass is 32.2. The van der Waals surface area contributed by atoms with Gasteiger partial charge in [0.25, 0.3) is 0 Å². The molecule has 0 unspecified atom stereocenters. The van der Waals surface area contributed by atoms with E-state index in [2.05, 4.69) is 0 Å². The van der Waals surface area contributed by atoms with Crippen molar-refractivity contribution in [1.29, 1.82) is 0 Å². The third-order valence-corrected chi connectivity index (χ3v) is 1.87. The van der Waals surface area contributed by atoms with Crippen LogP contribution in [0.4, 0.5) is 0 Å². The second kappa shape index (κ2) is 4.63. The summed E-state index contributed by atoms with van der Waals surface area (Å²) in [7, 11) is 0. The monoisotopic (exact) mass is 197 g/mol. The topological polar surface area (TPSA) is 124 Å². The molecule has 0 aromatic carbocycles. The highest BCUT2D eigenvalue weighted by Crippen LogP contribution is 2.16. The summed E-state index contributed by atoms with van der Waals surface area (Å²) in [4.78, 5) is 10.1. The Morgan fingerprint density at radius 3 is 2.33 bits per heavy atom. The number of aliphatic hydroxyl groups is 3. The zero-order valence-corrected chi connectivity index (χ0v) is 6.99. The molecule has 6 N–H and O–H groups in total. The van der Waals surface area contributed by atoms with Crippen molar-refractivity contribution in [3.8, 4) is 0 Å². The van der Waals surface area contributed by atoms with Gasteiger partial charge in [-0.25, -0.2) is 0 Å². The summed E-state index contributed by atoms with van der Waals surface area (Å²) in [5, 5.41) is 30.5. The summed E-state index contributed by atoms with van der Waals surface area (Å²) >= 11 is 0.403. The predicted molar refractivity (Wildman–Crippen MR) is 42.1 cm³/mol. The summed E-state index contributed by atoms with van der Waals surface area (Å²) in [6, 6.07) is -1.04. The SMILES string of the molecule is N[C@@H](CCSC(O)(O)O)C(=O)O. The Hall–Kier alpha value is -0.340. The number of carboxylic acid groups (broad SMARTS) is 1. The van der Waals surface area contributed by atoms with Crippen LogP contribution < -0.4 is 5.73 Å². The third kappa shape index (κ3) is 6.38. The van der Waals surface area contributed by atoms with Crippen LogP contribution in [0.5, 0.6) is 0 Å². The molecule has 6 nitrogen and oxygen atoms in total. The van der Waals surface area contributed by atoms with Crippen molar-refractivity contribution in [3.63, 3.8) is 0 Å². The van der Waals surface area contributed by atoms with E-state index in [4.69, 9.17) is 26.2 Å². The fraction of sp³-hybridized carbons (Fsp3) is 0.800. The molecule has 7 heteroatoms. The maximum absolute atomic E-state index is 10.1. The van der Waals surface area contributed by atoms with Crippen molar-refractivity contribution in [2.45, 2.75) is 17.8 Å². The second-order valence-electron chi connectivity index (χ2n) is 2.16. The molecule has 0 aliphatic heterocycles. The summed E-state index contributed by atoms with van der Waals surface area (Å²) < 4.78 is 0. The van der Waals surface area contributed by atoms with Crippen LogP contribution >= 0.6 is 11.8 Å². The Kier molecular flexibility index (Phi) is 4.50. The Bertz CT molecular complexity index is 156. The maximum Gasteiger partial charge on any atom is 0.329 e. The van der Waals surface area contributed by atoms with E-state index in [9.17, 15) is 4.79 Å². The minimum absolute atomic E-state index is 0.0525. The zero-order chi connectivity index (χ0) is 9.78. The van der Waals surface area contributed by atoms with E-state index >= 15 is 0 Å². The van der Waals surface area contributed by atoms with E-state index in [0.717, 1.165) is 0 Å². The minimum Gasteiger partial charge on any atom is -0.480 e. The van der Waals surface area contributed by atoms with E-state index in [1.807, 2.05) is 0 Å². The van der Waals surface area contributed by atoms with Gasteiger partial charge in [-0.2, -0.15) is 0 Å². The van der Waals surface area contributed by atoms with E-state index in [0.29, 0.717) is 11.8 Å². The maximum atomic E-state index is 10.1. The first-order valence-electron chi connectivity index (χ1n) is 3.12. The van der Waals surface area contributed by atoms with E-state index in [-0.39, 0.29) is 12.2 Å². The van der Waals surface area contributed by atoms with Gasteiger partial charge in [-0.3, -0.25) is 4.79 Å². The number of rotatable bonds is 5. The number of thioether (sulfide) groups is 1. The molecule has 0 aliphatic carbocycles. The van der Waals surface area contributed by atoms with Crippen molar-refractivity contribution >= 4 is 17.7 Å². The van der Waals surface area contributed by atoms with Crippen molar-refractivity contribution in [2.75, 3.05) is 5.75 Å². The molecule has 0 aliphatic rings. The first-order chi connectivity index (χ1) is 5.33. The highest BCUT2D eigenvalue weighted by molar-refractivity contribution is 8.00. The van der Waals surface area contributed by atoms with Gasteiger partial charge in [0.05, 0.1) is 0 Å². The number of carboxylic acids is 1. The predicted octanol–water partition coefficient (Wildman–Crippen LogP) is -1.89. The Labute approximate surface area is 73.0 Å². The molecule has 0 aromatic heterocycles. The van der Waals surface area contributed by atoms with E-state index in [1.165, 1.54) is 0 Å². The van der Waals surface area contributed by atoms with Gasteiger partial charge in [-0.15, -0.1) is 0 Å². The van der Waals surface area contributed by atoms with Crippen molar-refractivity contribution in [1.82, 2.24) is 0 Å². The smallest absolute Gasteiger partial charge is 0.329 e. The lowest BCUT2D eigenvalue weighted by Crippen LogP contribution is -2.31. The average Bonchev–Trinajstić information content (AvgIpc) is 1.84. The van der Waals surface area contributed by atoms with Gasteiger partial charge in [0, 0.05) is 5.75 Å². The number of nitrogens with two attached hydrogens (primary N) is 1. The minimum atomic E-state index is -2.81. The molecule has 12 heavy (non-hydrogen) atoms. The molecule has 1 atom stereocenters. The van der Waals surface area contributed by atoms with Gasteiger partial charge < -0.3 is 26.2 Å². The largest absolute Gasteiger partial charge is 0.480 e. The Morgan fingerprint density at radius 1 is 1.50 bits per heavy atom. The fourth-order valence-corrected chi connectivity index (χ4v) is 1.09. The standard InChI is InChI=1S/C5H11NO5S/c6-3(4(7)8)1-2-12-5(9,10)11/h3,9-11H,1-2,6H2,(H,7,8)/t3-/m0/s1. The van der Waals surface area contributed by atoms with Crippen LogP contribution in [-0.4, -0.2) is 43.5 Å². The second-order valence-corrected chi connectivity index (χ2v) is 3.40. The summed E-state index contributed by atoms with van der Waals surface area (Å²) in [6.45, 7) is 0. The van der Waals surface area contributed by atoms with Gasteiger partial charge in [0.2, 0.25) is 0 Å². The number of hydrogen-bond donors (Lipinski definition) is 5. The number of hydrogen-bond acceptors (Lipinski definition) is 6. The zero-order valence-electron chi connectivity index (χ0n) is 6.17. The Balaban J connectivity index is 3.51. The molecule has 0 fully saturated rings. The summed E-state index contributed by atoms with van der Waals surface area (Å²) in [5.41, 5.74) is 5.09. The molecular weight excluding hydrogens is 186 g/mol. The van der Waals surface area contributed by atoms with Crippen molar-refractivity contribution in [3.05, 3.63) is 0 Å². The molecule has 0 spiro atoms.